The number of hydrogen-bond donors (Lipinski definition) is 2. The summed E-state index contributed by atoms with van der Waals surface area (Å²) in [4.78, 5) is 11.4. The summed E-state index contributed by atoms with van der Waals surface area (Å²) in [5, 5.41) is 7.53. The number of anilines is 4. The zero-order valence-electron chi connectivity index (χ0n) is 18.2. The van der Waals surface area contributed by atoms with Crippen molar-refractivity contribution >= 4 is 46.3 Å². The fraction of sp³-hybridized carbons (Fsp3) is 0.304. The first-order valence-corrected chi connectivity index (χ1v) is 10.9. The van der Waals surface area contributed by atoms with Gasteiger partial charge in [0.05, 0.1) is 17.2 Å². The summed E-state index contributed by atoms with van der Waals surface area (Å²) < 4.78 is 5.55. The van der Waals surface area contributed by atoms with Gasteiger partial charge in [-0.25, -0.2) is 4.98 Å². The van der Waals surface area contributed by atoms with E-state index in [9.17, 15) is 0 Å². The average Bonchev–Trinajstić information content (AvgIpc) is 2.74. The third kappa shape index (κ3) is 6.23. The molecule has 164 valence electrons. The standard InChI is InChI=1S/C23H27Cl2N5O/c1-5-30(6-2)14-16-12-17(8-10-21(16)31-4)27-22-11-15(3)26-23(29-22)28-18-7-9-19(24)20(25)13-18/h7-13H,5-6,14H2,1-4H3,(H2,26,27,28,29). The van der Waals surface area contributed by atoms with Crippen molar-refractivity contribution in [2.75, 3.05) is 30.8 Å². The number of rotatable bonds is 9. The van der Waals surface area contributed by atoms with E-state index in [0.29, 0.717) is 21.8 Å². The molecule has 0 fully saturated rings. The van der Waals surface area contributed by atoms with Crippen LogP contribution in [0.15, 0.2) is 42.5 Å². The summed E-state index contributed by atoms with van der Waals surface area (Å²) in [7, 11) is 1.70. The second kappa shape index (κ2) is 10.7. The number of halogens is 2. The Morgan fingerprint density at radius 1 is 0.903 bits per heavy atom. The summed E-state index contributed by atoms with van der Waals surface area (Å²) in [6.45, 7) is 9.01. The van der Waals surface area contributed by atoms with Crippen molar-refractivity contribution in [1.82, 2.24) is 14.9 Å². The van der Waals surface area contributed by atoms with Crippen LogP contribution in [0, 0.1) is 6.92 Å². The highest BCUT2D eigenvalue weighted by molar-refractivity contribution is 6.42. The second-order valence-electron chi connectivity index (χ2n) is 7.09. The van der Waals surface area contributed by atoms with Gasteiger partial charge in [-0.2, -0.15) is 4.98 Å². The molecule has 6 nitrogen and oxygen atoms in total. The van der Waals surface area contributed by atoms with E-state index in [2.05, 4.69) is 45.4 Å². The number of aromatic nitrogens is 2. The largest absolute Gasteiger partial charge is 0.496 e. The van der Waals surface area contributed by atoms with Crippen molar-refractivity contribution < 1.29 is 4.74 Å². The predicted molar refractivity (Wildman–Crippen MR) is 129 cm³/mol. The molecule has 0 radical (unpaired) electrons. The Morgan fingerprint density at radius 3 is 2.29 bits per heavy atom. The molecule has 0 atom stereocenters. The number of methoxy groups -OCH3 is 1. The predicted octanol–water partition coefficient (Wildman–Crippen LogP) is 6.43. The fourth-order valence-electron chi connectivity index (χ4n) is 3.21. The first-order valence-electron chi connectivity index (χ1n) is 10.2. The summed E-state index contributed by atoms with van der Waals surface area (Å²) in [6, 6.07) is 13.3. The molecule has 0 spiro atoms. The van der Waals surface area contributed by atoms with Gasteiger partial charge in [-0.1, -0.05) is 37.0 Å². The van der Waals surface area contributed by atoms with Crippen LogP contribution in [0.4, 0.5) is 23.1 Å². The normalized spacial score (nSPS) is 10.9. The Labute approximate surface area is 193 Å². The number of benzene rings is 2. The van der Waals surface area contributed by atoms with Gasteiger partial charge < -0.3 is 15.4 Å². The molecule has 0 aliphatic carbocycles. The molecule has 1 aromatic heterocycles. The molecule has 0 amide bonds. The van der Waals surface area contributed by atoms with Crippen LogP contribution in [0.25, 0.3) is 0 Å². The first-order chi connectivity index (χ1) is 14.9. The quantitative estimate of drug-likeness (QED) is 0.384. The molecule has 0 saturated carbocycles. The van der Waals surface area contributed by atoms with Crippen LogP contribution in [-0.4, -0.2) is 35.1 Å². The summed E-state index contributed by atoms with van der Waals surface area (Å²) in [6.07, 6.45) is 0. The molecule has 0 bridgehead atoms. The van der Waals surface area contributed by atoms with Crippen LogP contribution in [0.1, 0.15) is 25.1 Å². The molecule has 3 rings (SSSR count). The van der Waals surface area contributed by atoms with Crippen molar-refractivity contribution in [3.8, 4) is 5.75 Å². The smallest absolute Gasteiger partial charge is 0.229 e. The fourth-order valence-corrected chi connectivity index (χ4v) is 3.51. The number of ether oxygens (including phenoxy) is 1. The highest BCUT2D eigenvalue weighted by Gasteiger charge is 2.10. The minimum atomic E-state index is 0.469. The number of hydrogen-bond acceptors (Lipinski definition) is 6. The monoisotopic (exact) mass is 459 g/mol. The Morgan fingerprint density at radius 2 is 1.61 bits per heavy atom. The van der Waals surface area contributed by atoms with Gasteiger partial charge in [-0.15, -0.1) is 0 Å². The Bertz CT molecular complexity index is 1040. The van der Waals surface area contributed by atoms with Crippen molar-refractivity contribution in [2.45, 2.75) is 27.3 Å². The van der Waals surface area contributed by atoms with Gasteiger partial charge >= 0.3 is 0 Å². The van der Waals surface area contributed by atoms with Gasteiger partial charge in [0.25, 0.3) is 0 Å². The van der Waals surface area contributed by atoms with Crippen LogP contribution >= 0.6 is 23.2 Å². The molecule has 0 aliphatic heterocycles. The second-order valence-corrected chi connectivity index (χ2v) is 7.90. The summed E-state index contributed by atoms with van der Waals surface area (Å²) in [5.41, 5.74) is 3.64. The van der Waals surface area contributed by atoms with Crippen LogP contribution in [0.5, 0.6) is 5.75 Å². The van der Waals surface area contributed by atoms with E-state index in [4.69, 9.17) is 27.9 Å². The van der Waals surface area contributed by atoms with E-state index in [1.807, 2.05) is 31.2 Å². The van der Waals surface area contributed by atoms with E-state index in [-0.39, 0.29) is 0 Å². The zero-order chi connectivity index (χ0) is 22.4. The average molecular weight is 460 g/mol. The lowest BCUT2D eigenvalue weighted by atomic mass is 10.1. The highest BCUT2D eigenvalue weighted by atomic mass is 35.5. The lowest BCUT2D eigenvalue weighted by Gasteiger charge is -2.20. The maximum Gasteiger partial charge on any atom is 0.229 e. The molecule has 0 aliphatic rings. The Hall–Kier alpha value is -2.54. The minimum Gasteiger partial charge on any atom is -0.496 e. The SMILES string of the molecule is CCN(CC)Cc1cc(Nc2cc(C)nc(Nc3ccc(Cl)c(Cl)c3)n2)ccc1OC. The third-order valence-corrected chi connectivity index (χ3v) is 5.61. The molecule has 2 N–H and O–H groups in total. The van der Waals surface area contributed by atoms with E-state index in [1.54, 1.807) is 19.2 Å². The van der Waals surface area contributed by atoms with Gasteiger partial charge in [-0.05, 0) is 56.4 Å². The molecule has 0 unspecified atom stereocenters. The highest BCUT2D eigenvalue weighted by Crippen LogP contribution is 2.28. The maximum atomic E-state index is 6.11. The lowest BCUT2D eigenvalue weighted by Crippen LogP contribution is -2.22. The topological polar surface area (TPSA) is 62.3 Å². The lowest BCUT2D eigenvalue weighted by molar-refractivity contribution is 0.289. The van der Waals surface area contributed by atoms with Crippen molar-refractivity contribution in [1.29, 1.82) is 0 Å². The molecule has 3 aromatic rings. The van der Waals surface area contributed by atoms with Gasteiger partial charge in [0.15, 0.2) is 0 Å². The summed E-state index contributed by atoms with van der Waals surface area (Å²) in [5.74, 6) is 2.03. The molecule has 8 heteroatoms. The van der Waals surface area contributed by atoms with E-state index >= 15 is 0 Å². The molecular formula is C23H27Cl2N5O. The number of nitrogens with zero attached hydrogens (tertiary/aromatic N) is 3. The van der Waals surface area contributed by atoms with Gasteiger partial charge in [0, 0.05) is 35.2 Å². The van der Waals surface area contributed by atoms with Crippen LogP contribution < -0.4 is 15.4 Å². The van der Waals surface area contributed by atoms with Crippen LogP contribution in [0.3, 0.4) is 0 Å². The molecule has 0 saturated heterocycles. The number of nitrogens with one attached hydrogen (secondary N) is 2. The third-order valence-electron chi connectivity index (χ3n) is 4.87. The summed E-state index contributed by atoms with van der Waals surface area (Å²) >= 11 is 12.1. The van der Waals surface area contributed by atoms with Gasteiger partial charge in [0.2, 0.25) is 5.95 Å². The minimum absolute atomic E-state index is 0.469. The van der Waals surface area contributed by atoms with Gasteiger partial charge in [-0.3, -0.25) is 4.90 Å². The van der Waals surface area contributed by atoms with Crippen LogP contribution in [0.2, 0.25) is 10.0 Å². The maximum absolute atomic E-state index is 6.11. The Kier molecular flexibility index (Phi) is 7.96. The van der Waals surface area contributed by atoms with Crippen molar-refractivity contribution in [3.63, 3.8) is 0 Å². The van der Waals surface area contributed by atoms with Crippen molar-refractivity contribution in [2.24, 2.45) is 0 Å². The zero-order valence-corrected chi connectivity index (χ0v) is 19.7. The molecule has 2 aromatic carbocycles. The number of aryl methyl sites for hydroxylation is 1. The molecule has 31 heavy (non-hydrogen) atoms. The Balaban J connectivity index is 1.82. The van der Waals surface area contributed by atoms with Gasteiger partial charge in [0.1, 0.15) is 11.6 Å². The van der Waals surface area contributed by atoms with E-state index in [0.717, 1.165) is 48.0 Å². The van der Waals surface area contributed by atoms with E-state index < -0.39 is 0 Å². The van der Waals surface area contributed by atoms with E-state index in [1.165, 1.54) is 0 Å². The molecule has 1 heterocycles. The van der Waals surface area contributed by atoms with Crippen molar-refractivity contribution in [3.05, 3.63) is 63.8 Å². The van der Waals surface area contributed by atoms with Crippen LogP contribution in [-0.2, 0) is 6.54 Å². The molecular weight excluding hydrogens is 433 g/mol. The first kappa shape index (κ1) is 23.1.